The second-order valence-electron chi connectivity index (χ2n) is 7.20. The molecule has 1 atom stereocenters. The first-order chi connectivity index (χ1) is 13.2. The van der Waals surface area contributed by atoms with Gasteiger partial charge in [-0.15, -0.1) is 11.3 Å². The molecular weight excluding hydrogens is 358 g/mol. The fraction of sp³-hybridized carbons (Fsp3) is 0.429. The molecule has 4 rings (SSSR count). The molecule has 2 saturated heterocycles. The number of carbonyl (C=O) groups excluding carboxylic acids is 2. The first-order valence-electron chi connectivity index (χ1n) is 9.71. The number of amides is 3. The molecule has 2 aromatic rings. The molecule has 6 heteroatoms. The first-order valence-corrected chi connectivity index (χ1v) is 10.6. The number of rotatable bonds is 5. The SMILES string of the molecule is O=C1NCCN1c1cccc(C(=O)N2CCCCC2CCc2cccs2)c1. The Morgan fingerprint density at radius 1 is 1.19 bits per heavy atom. The number of nitrogens with zero attached hydrogens (tertiary/aromatic N) is 2. The molecule has 0 bridgehead atoms. The van der Waals surface area contributed by atoms with Crippen LogP contribution in [0.25, 0.3) is 0 Å². The van der Waals surface area contributed by atoms with Crippen LogP contribution in [0.1, 0.15) is 40.9 Å². The Morgan fingerprint density at radius 3 is 2.89 bits per heavy atom. The Kier molecular flexibility index (Phi) is 5.43. The highest BCUT2D eigenvalue weighted by Gasteiger charge is 2.28. The molecule has 0 spiro atoms. The average molecular weight is 384 g/mol. The zero-order valence-electron chi connectivity index (χ0n) is 15.4. The molecule has 1 aromatic carbocycles. The molecule has 2 aliphatic heterocycles. The van der Waals surface area contributed by atoms with Crippen molar-refractivity contribution in [3.8, 4) is 0 Å². The second-order valence-corrected chi connectivity index (χ2v) is 8.23. The number of anilines is 1. The van der Waals surface area contributed by atoms with Crippen molar-refractivity contribution in [3.05, 3.63) is 52.2 Å². The highest BCUT2D eigenvalue weighted by molar-refractivity contribution is 7.09. The van der Waals surface area contributed by atoms with Crippen LogP contribution in [0.3, 0.4) is 0 Å². The Labute approximate surface area is 164 Å². The van der Waals surface area contributed by atoms with Gasteiger partial charge in [0.15, 0.2) is 0 Å². The maximum Gasteiger partial charge on any atom is 0.321 e. The third-order valence-electron chi connectivity index (χ3n) is 5.45. The fourth-order valence-electron chi connectivity index (χ4n) is 4.02. The second kappa shape index (κ2) is 8.13. The van der Waals surface area contributed by atoms with Gasteiger partial charge in [0.05, 0.1) is 0 Å². The van der Waals surface area contributed by atoms with E-state index >= 15 is 0 Å². The number of urea groups is 1. The van der Waals surface area contributed by atoms with E-state index in [0.717, 1.165) is 37.9 Å². The summed E-state index contributed by atoms with van der Waals surface area (Å²) in [5, 5.41) is 4.92. The molecule has 27 heavy (non-hydrogen) atoms. The number of benzene rings is 1. The normalized spacial score (nSPS) is 20.0. The molecule has 0 radical (unpaired) electrons. The molecule has 3 heterocycles. The predicted octanol–water partition coefficient (Wildman–Crippen LogP) is 3.91. The number of piperidine rings is 1. The van der Waals surface area contributed by atoms with E-state index in [0.29, 0.717) is 24.7 Å². The number of hydrogen-bond donors (Lipinski definition) is 1. The summed E-state index contributed by atoms with van der Waals surface area (Å²) in [5.41, 5.74) is 1.47. The monoisotopic (exact) mass is 383 g/mol. The third-order valence-corrected chi connectivity index (χ3v) is 6.39. The van der Waals surface area contributed by atoms with Gasteiger partial charge in [0.25, 0.3) is 5.91 Å². The summed E-state index contributed by atoms with van der Waals surface area (Å²) >= 11 is 1.79. The van der Waals surface area contributed by atoms with E-state index < -0.39 is 0 Å². The fourth-order valence-corrected chi connectivity index (χ4v) is 4.75. The van der Waals surface area contributed by atoms with Gasteiger partial charge in [-0.3, -0.25) is 9.69 Å². The molecule has 3 amide bonds. The minimum Gasteiger partial charge on any atom is -0.336 e. The number of likely N-dealkylation sites (tertiary alicyclic amines) is 1. The zero-order chi connectivity index (χ0) is 18.6. The van der Waals surface area contributed by atoms with Crippen molar-refractivity contribution < 1.29 is 9.59 Å². The predicted molar refractivity (Wildman–Crippen MR) is 109 cm³/mol. The minimum absolute atomic E-state index is 0.0901. The van der Waals surface area contributed by atoms with E-state index in [-0.39, 0.29) is 11.9 Å². The van der Waals surface area contributed by atoms with Crippen molar-refractivity contribution >= 4 is 29.0 Å². The van der Waals surface area contributed by atoms with Crippen molar-refractivity contribution in [3.63, 3.8) is 0 Å². The van der Waals surface area contributed by atoms with Gasteiger partial charge in [0.2, 0.25) is 0 Å². The van der Waals surface area contributed by atoms with Gasteiger partial charge in [-0.1, -0.05) is 12.1 Å². The Morgan fingerprint density at radius 2 is 2.11 bits per heavy atom. The van der Waals surface area contributed by atoms with Crippen LogP contribution in [0.2, 0.25) is 0 Å². The summed E-state index contributed by atoms with van der Waals surface area (Å²) in [4.78, 5) is 30.3. The lowest BCUT2D eigenvalue weighted by Crippen LogP contribution is -2.44. The molecule has 5 nitrogen and oxygen atoms in total. The van der Waals surface area contributed by atoms with Crippen LogP contribution in [0.5, 0.6) is 0 Å². The summed E-state index contributed by atoms with van der Waals surface area (Å²) in [6.45, 7) is 2.11. The number of carbonyl (C=O) groups is 2. The van der Waals surface area contributed by atoms with Gasteiger partial charge in [0.1, 0.15) is 0 Å². The molecule has 1 N–H and O–H groups in total. The molecule has 1 aromatic heterocycles. The molecule has 0 aliphatic carbocycles. The van der Waals surface area contributed by atoms with E-state index in [1.165, 1.54) is 11.3 Å². The Balaban J connectivity index is 1.48. The smallest absolute Gasteiger partial charge is 0.321 e. The highest BCUT2D eigenvalue weighted by Crippen LogP contribution is 2.26. The Hall–Kier alpha value is -2.34. The average Bonchev–Trinajstić information content (AvgIpc) is 3.38. The molecule has 142 valence electrons. The summed E-state index contributed by atoms with van der Waals surface area (Å²) in [5.74, 6) is 0.0901. The van der Waals surface area contributed by atoms with E-state index in [9.17, 15) is 9.59 Å². The lowest BCUT2D eigenvalue weighted by Gasteiger charge is -2.36. The van der Waals surface area contributed by atoms with Crippen LogP contribution in [0.4, 0.5) is 10.5 Å². The lowest BCUT2D eigenvalue weighted by atomic mass is 9.96. The van der Waals surface area contributed by atoms with Crippen molar-refractivity contribution in [2.75, 3.05) is 24.5 Å². The standard InChI is InChI=1S/C21H25N3O2S/c25-20(16-5-3-7-18(15-16)24-13-11-22-21(24)26)23-12-2-1-6-17(23)9-10-19-8-4-14-27-19/h3-5,7-8,14-15,17H,1-2,6,9-13H2,(H,22,26). The van der Waals surface area contributed by atoms with Gasteiger partial charge in [-0.05, 0) is 61.7 Å². The number of thiophene rings is 1. The van der Waals surface area contributed by atoms with E-state index in [1.807, 2.05) is 24.3 Å². The van der Waals surface area contributed by atoms with Crippen LogP contribution < -0.4 is 10.2 Å². The maximum absolute atomic E-state index is 13.2. The minimum atomic E-state index is -0.0913. The molecule has 1 unspecified atom stereocenters. The highest BCUT2D eigenvalue weighted by atomic mass is 32.1. The van der Waals surface area contributed by atoms with Gasteiger partial charge in [0, 0.05) is 41.8 Å². The van der Waals surface area contributed by atoms with Gasteiger partial charge in [-0.2, -0.15) is 0 Å². The summed E-state index contributed by atoms with van der Waals surface area (Å²) in [6, 6.07) is 12.0. The van der Waals surface area contributed by atoms with Crippen LogP contribution in [-0.4, -0.2) is 42.5 Å². The first kappa shape index (κ1) is 18.0. The van der Waals surface area contributed by atoms with Crippen LogP contribution in [-0.2, 0) is 6.42 Å². The van der Waals surface area contributed by atoms with Crippen molar-refractivity contribution in [1.29, 1.82) is 0 Å². The van der Waals surface area contributed by atoms with Crippen LogP contribution >= 0.6 is 11.3 Å². The lowest BCUT2D eigenvalue weighted by molar-refractivity contribution is 0.0602. The zero-order valence-corrected chi connectivity index (χ0v) is 16.2. The quantitative estimate of drug-likeness (QED) is 0.851. The number of aryl methyl sites for hydroxylation is 1. The van der Waals surface area contributed by atoms with E-state index in [2.05, 4.69) is 27.7 Å². The molecule has 2 aliphatic rings. The largest absolute Gasteiger partial charge is 0.336 e. The Bertz CT molecular complexity index is 806. The van der Waals surface area contributed by atoms with Gasteiger partial charge >= 0.3 is 6.03 Å². The van der Waals surface area contributed by atoms with Gasteiger partial charge in [-0.25, -0.2) is 4.79 Å². The molecule has 0 saturated carbocycles. The maximum atomic E-state index is 13.2. The molecular formula is C21H25N3O2S. The number of nitrogens with one attached hydrogen (secondary N) is 1. The van der Waals surface area contributed by atoms with Crippen LogP contribution in [0.15, 0.2) is 41.8 Å². The van der Waals surface area contributed by atoms with Crippen LogP contribution in [0, 0.1) is 0 Å². The number of hydrogen-bond acceptors (Lipinski definition) is 3. The van der Waals surface area contributed by atoms with Crippen molar-refractivity contribution in [1.82, 2.24) is 10.2 Å². The summed E-state index contributed by atoms with van der Waals surface area (Å²) < 4.78 is 0. The summed E-state index contributed by atoms with van der Waals surface area (Å²) in [6.07, 6.45) is 5.37. The van der Waals surface area contributed by atoms with E-state index in [1.54, 1.807) is 16.2 Å². The van der Waals surface area contributed by atoms with Gasteiger partial charge < -0.3 is 10.2 Å². The van der Waals surface area contributed by atoms with Crippen molar-refractivity contribution in [2.45, 2.75) is 38.1 Å². The third kappa shape index (κ3) is 4.00. The summed E-state index contributed by atoms with van der Waals surface area (Å²) in [7, 11) is 0. The van der Waals surface area contributed by atoms with E-state index in [4.69, 9.17) is 0 Å². The topological polar surface area (TPSA) is 52.7 Å². The van der Waals surface area contributed by atoms with Crippen molar-refractivity contribution in [2.24, 2.45) is 0 Å². The molecule has 2 fully saturated rings.